The van der Waals surface area contributed by atoms with Crippen LogP contribution in [0.3, 0.4) is 0 Å². The zero-order chi connectivity index (χ0) is 21.8. The van der Waals surface area contributed by atoms with Gasteiger partial charge in [0, 0.05) is 6.07 Å². The molecule has 0 aliphatic carbocycles. The SMILES string of the molecule is COc1ccc(/C=C/c2cc(O)cc(O[C@@H]3O[C@@H](CO)[C@@H](O)[C@@H](O)[C@H]3O)c2)cc1O. The van der Waals surface area contributed by atoms with E-state index in [0.717, 1.165) is 0 Å². The highest BCUT2D eigenvalue weighted by atomic mass is 16.7. The average Bonchev–Trinajstić information content (AvgIpc) is 2.72. The van der Waals surface area contributed by atoms with Crippen molar-refractivity contribution in [3.63, 3.8) is 0 Å². The molecular formula is C21H24O9. The number of methoxy groups -OCH3 is 1. The Morgan fingerprint density at radius 1 is 0.933 bits per heavy atom. The smallest absolute Gasteiger partial charge is 0.229 e. The van der Waals surface area contributed by atoms with Crippen LogP contribution in [0, 0.1) is 0 Å². The molecule has 5 atom stereocenters. The van der Waals surface area contributed by atoms with Crippen LogP contribution >= 0.6 is 0 Å². The van der Waals surface area contributed by atoms with Gasteiger partial charge >= 0.3 is 0 Å². The Morgan fingerprint density at radius 3 is 2.33 bits per heavy atom. The van der Waals surface area contributed by atoms with Crippen molar-refractivity contribution >= 4 is 12.2 Å². The fourth-order valence-electron chi connectivity index (χ4n) is 3.07. The van der Waals surface area contributed by atoms with Crippen molar-refractivity contribution in [2.45, 2.75) is 30.7 Å². The lowest BCUT2D eigenvalue weighted by atomic mass is 9.99. The lowest BCUT2D eigenvalue weighted by molar-refractivity contribution is -0.277. The summed E-state index contributed by atoms with van der Waals surface area (Å²) in [6, 6.07) is 9.19. The first-order chi connectivity index (χ1) is 14.3. The van der Waals surface area contributed by atoms with Gasteiger partial charge < -0.3 is 44.8 Å². The van der Waals surface area contributed by atoms with Crippen molar-refractivity contribution in [1.29, 1.82) is 0 Å². The van der Waals surface area contributed by atoms with Crippen molar-refractivity contribution in [1.82, 2.24) is 0 Å². The Labute approximate surface area is 172 Å². The minimum absolute atomic E-state index is 0.0119. The van der Waals surface area contributed by atoms with Crippen molar-refractivity contribution < 1.29 is 44.8 Å². The van der Waals surface area contributed by atoms with Gasteiger partial charge in [-0.15, -0.1) is 0 Å². The van der Waals surface area contributed by atoms with Crippen molar-refractivity contribution in [2.24, 2.45) is 0 Å². The van der Waals surface area contributed by atoms with E-state index in [4.69, 9.17) is 14.2 Å². The second kappa shape index (κ2) is 9.33. The number of aromatic hydroxyl groups is 2. The highest BCUT2D eigenvalue weighted by Crippen LogP contribution is 2.30. The molecule has 1 aliphatic heterocycles. The van der Waals surface area contributed by atoms with Gasteiger partial charge in [-0.3, -0.25) is 0 Å². The maximum Gasteiger partial charge on any atom is 0.229 e. The third-order valence-electron chi connectivity index (χ3n) is 4.69. The summed E-state index contributed by atoms with van der Waals surface area (Å²) in [5.41, 5.74) is 1.23. The Bertz CT molecular complexity index is 896. The van der Waals surface area contributed by atoms with Gasteiger partial charge in [-0.25, -0.2) is 0 Å². The first kappa shape index (κ1) is 21.9. The minimum atomic E-state index is -1.57. The van der Waals surface area contributed by atoms with Gasteiger partial charge in [0.15, 0.2) is 11.5 Å². The summed E-state index contributed by atoms with van der Waals surface area (Å²) in [5, 5.41) is 58.9. The van der Waals surface area contributed by atoms with E-state index in [2.05, 4.69) is 0 Å². The van der Waals surface area contributed by atoms with Crippen LogP contribution in [0.5, 0.6) is 23.0 Å². The average molecular weight is 420 g/mol. The minimum Gasteiger partial charge on any atom is -0.508 e. The zero-order valence-electron chi connectivity index (χ0n) is 16.1. The molecular weight excluding hydrogens is 396 g/mol. The number of phenols is 2. The van der Waals surface area contributed by atoms with Crippen LogP contribution in [-0.2, 0) is 4.74 Å². The van der Waals surface area contributed by atoms with E-state index < -0.39 is 37.3 Å². The molecule has 1 aliphatic rings. The molecule has 0 aromatic heterocycles. The van der Waals surface area contributed by atoms with Crippen LogP contribution in [-0.4, -0.2) is 75.1 Å². The second-order valence-electron chi connectivity index (χ2n) is 6.84. The molecule has 2 aromatic carbocycles. The van der Waals surface area contributed by atoms with Crippen LogP contribution in [0.1, 0.15) is 11.1 Å². The van der Waals surface area contributed by atoms with Crippen LogP contribution < -0.4 is 9.47 Å². The predicted octanol–water partition coefficient (Wildman–Crippen LogP) is 0.455. The van der Waals surface area contributed by atoms with Gasteiger partial charge in [0.25, 0.3) is 0 Å². The molecule has 1 saturated heterocycles. The van der Waals surface area contributed by atoms with Gasteiger partial charge in [0.1, 0.15) is 35.9 Å². The molecule has 3 rings (SSSR count). The fraction of sp³-hybridized carbons (Fsp3) is 0.333. The first-order valence-corrected chi connectivity index (χ1v) is 9.18. The van der Waals surface area contributed by atoms with E-state index >= 15 is 0 Å². The molecule has 0 saturated carbocycles. The fourth-order valence-corrected chi connectivity index (χ4v) is 3.07. The van der Waals surface area contributed by atoms with E-state index in [1.165, 1.54) is 25.3 Å². The van der Waals surface area contributed by atoms with Crippen LogP contribution in [0.2, 0.25) is 0 Å². The summed E-state index contributed by atoms with van der Waals surface area (Å²) in [5.74, 6) is 0.354. The number of phenolic OH excluding ortho intramolecular Hbond substituents is 2. The first-order valence-electron chi connectivity index (χ1n) is 9.18. The van der Waals surface area contributed by atoms with Gasteiger partial charge in [0.2, 0.25) is 6.29 Å². The number of benzene rings is 2. The number of hydrogen-bond donors (Lipinski definition) is 6. The number of ether oxygens (including phenoxy) is 3. The zero-order valence-corrected chi connectivity index (χ0v) is 16.1. The second-order valence-corrected chi connectivity index (χ2v) is 6.84. The van der Waals surface area contributed by atoms with E-state index in [1.807, 2.05) is 0 Å². The van der Waals surface area contributed by atoms with E-state index in [9.17, 15) is 30.6 Å². The van der Waals surface area contributed by atoms with Crippen LogP contribution in [0.15, 0.2) is 36.4 Å². The Balaban J connectivity index is 1.77. The molecule has 0 unspecified atom stereocenters. The Hall–Kier alpha value is -2.82. The lowest BCUT2D eigenvalue weighted by Crippen LogP contribution is -2.60. The van der Waals surface area contributed by atoms with Crippen molar-refractivity contribution in [3.8, 4) is 23.0 Å². The molecule has 1 fully saturated rings. The third-order valence-corrected chi connectivity index (χ3v) is 4.69. The molecule has 30 heavy (non-hydrogen) atoms. The number of aliphatic hydroxyl groups is 4. The molecule has 0 amide bonds. The summed E-state index contributed by atoms with van der Waals surface area (Å²) < 4.78 is 15.8. The summed E-state index contributed by atoms with van der Waals surface area (Å²) in [4.78, 5) is 0. The molecule has 162 valence electrons. The maximum absolute atomic E-state index is 10.1. The highest BCUT2D eigenvalue weighted by molar-refractivity contribution is 5.72. The molecule has 6 N–H and O–H groups in total. The molecule has 0 radical (unpaired) electrons. The Morgan fingerprint density at radius 2 is 1.67 bits per heavy atom. The molecule has 9 heteroatoms. The molecule has 9 nitrogen and oxygen atoms in total. The largest absolute Gasteiger partial charge is 0.508 e. The summed E-state index contributed by atoms with van der Waals surface area (Å²) in [6.07, 6.45) is -3.72. The lowest BCUT2D eigenvalue weighted by Gasteiger charge is -2.39. The quantitative estimate of drug-likeness (QED) is 0.366. The molecule has 0 bridgehead atoms. The van der Waals surface area contributed by atoms with Crippen LogP contribution in [0.25, 0.3) is 12.2 Å². The number of aliphatic hydroxyl groups excluding tert-OH is 4. The van der Waals surface area contributed by atoms with Crippen LogP contribution in [0.4, 0.5) is 0 Å². The number of hydrogen-bond acceptors (Lipinski definition) is 9. The summed E-state index contributed by atoms with van der Waals surface area (Å²) >= 11 is 0. The summed E-state index contributed by atoms with van der Waals surface area (Å²) in [6.45, 7) is -0.576. The van der Waals surface area contributed by atoms with Crippen molar-refractivity contribution in [3.05, 3.63) is 47.5 Å². The highest BCUT2D eigenvalue weighted by Gasteiger charge is 2.44. The van der Waals surface area contributed by atoms with E-state index in [-0.39, 0.29) is 17.2 Å². The molecule has 2 aromatic rings. The standard InChI is InChI=1S/C21H24O9/c1-28-16-5-4-11(8-15(16)24)2-3-12-6-13(23)9-14(7-12)29-21-20(27)19(26)18(25)17(10-22)30-21/h2-9,17-27H,10H2,1H3/b3-2+/t17-,18+,19+,20+,21+/m0/s1. The maximum atomic E-state index is 10.1. The van der Waals surface area contributed by atoms with Gasteiger partial charge in [0.05, 0.1) is 13.7 Å². The number of rotatable bonds is 6. The monoisotopic (exact) mass is 420 g/mol. The topological polar surface area (TPSA) is 149 Å². The third kappa shape index (κ3) is 4.84. The van der Waals surface area contributed by atoms with Gasteiger partial charge in [-0.05, 0) is 35.4 Å². The van der Waals surface area contributed by atoms with Gasteiger partial charge in [-0.1, -0.05) is 18.2 Å². The predicted molar refractivity (Wildman–Crippen MR) is 106 cm³/mol. The normalized spacial score (nSPS) is 26.6. The molecule has 0 spiro atoms. The Kier molecular flexibility index (Phi) is 6.80. The molecule has 1 heterocycles. The van der Waals surface area contributed by atoms with Gasteiger partial charge in [-0.2, -0.15) is 0 Å². The van der Waals surface area contributed by atoms with E-state index in [0.29, 0.717) is 16.9 Å². The van der Waals surface area contributed by atoms with E-state index in [1.54, 1.807) is 30.4 Å². The van der Waals surface area contributed by atoms with Crippen molar-refractivity contribution in [2.75, 3.05) is 13.7 Å². The summed E-state index contributed by atoms with van der Waals surface area (Å²) in [7, 11) is 1.45.